The molecule has 126 valence electrons. The SMILES string of the molecule is CC1C2CCCCC2C2CC(C3CCCCC3(C)C)CCC12. The van der Waals surface area contributed by atoms with Gasteiger partial charge in [-0.3, -0.25) is 0 Å². The summed E-state index contributed by atoms with van der Waals surface area (Å²) in [4.78, 5) is 0. The molecule has 0 bridgehead atoms. The lowest BCUT2D eigenvalue weighted by atomic mass is 9.58. The summed E-state index contributed by atoms with van der Waals surface area (Å²) in [5.74, 6) is 7.64. The fourth-order valence-corrected chi connectivity index (χ4v) is 7.86. The van der Waals surface area contributed by atoms with Gasteiger partial charge in [-0.05, 0) is 91.8 Å². The highest BCUT2D eigenvalue weighted by Gasteiger charge is 2.52. The Morgan fingerprint density at radius 3 is 2.14 bits per heavy atom. The van der Waals surface area contributed by atoms with E-state index >= 15 is 0 Å². The van der Waals surface area contributed by atoms with Gasteiger partial charge in [0.1, 0.15) is 0 Å². The first kappa shape index (κ1) is 15.5. The second-order valence-corrected chi connectivity index (χ2v) is 10.2. The standard InChI is InChI=1S/C22H38/c1-15-17-8-4-5-9-19(17)20-14-16(11-12-18(15)20)21-10-6-7-13-22(21,2)3/h15-21H,4-14H2,1-3H3. The van der Waals surface area contributed by atoms with Gasteiger partial charge in [-0.2, -0.15) is 0 Å². The van der Waals surface area contributed by atoms with Crippen LogP contribution in [0.25, 0.3) is 0 Å². The zero-order valence-corrected chi connectivity index (χ0v) is 15.3. The van der Waals surface area contributed by atoms with Gasteiger partial charge in [-0.15, -0.1) is 0 Å². The third kappa shape index (κ3) is 2.48. The predicted molar refractivity (Wildman–Crippen MR) is 94.7 cm³/mol. The number of hydrogen-bond acceptors (Lipinski definition) is 0. The maximum atomic E-state index is 2.62. The first-order chi connectivity index (χ1) is 10.6. The van der Waals surface area contributed by atoms with Gasteiger partial charge in [0.2, 0.25) is 0 Å². The van der Waals surface area contributed by atoms with Gasteiger partial charge in [0.15, 0.2) is 0 Å². The summed E-state index contributed by atoms with van der Waals surface area (Å²) in [6.45, 7) is 7.80. The molecule has 0 spiro atoms. The third-order valence-electron chi connectivity index (χ3n) is 8.93. The lowest BCUT2D eigenvalue weighted by Crippen LogP contribution is -2.38. The zero-order valence-electron chi connectivity index (χ0n) is 15.3. The molecule has 0 amide bonds. The Hall–Kier alpha value is 0. The summed E-state index contributed by atoms with van der Waals surface area (Å²) in [5.41, 5.74) is 0.631. The van der Waals surface area contributed by atoms with Crippen LogP contribution in [0.2, 0.25) is 0 Å². The maximum absolute atomic E-state index is 2.62. The first-order valence-corrected chi connectivity index (χ1v) is 10.6. The van der Waals surface area contributed by atoms with Crippen LogP contribution in [0.3, 0.4) is 0 Å². The quantitative estimate of drug-likeness (QED) is 0.506. The summed E-state index contributed by atoms with van der Waals surface area (Å²) < 4.78 is 0. The minimum Gasteiger partial charge on any atom is -0.0620 e. The van der Waals surface area contributed by atoms with Crippen molar-refractivity contribution in [2.45, 2.75) is 91.4 Å². The van der Waals surface area contributed by atoms with E-state index in [1.165, 1.54) is 32.1 Å². The summed E-state index contributed by atoms with van der Waals surface area (Å²) in [6, 6.07) is 0. The third-order valence-corrected chi connectivity index (χ3v) is 8.93. The average Bonchev–Trinajstić information content (AvgIpc) is 2.80. The van der Waals surface area contributed by atoms with E-state index in [1.54, 1.807) is 38.5 Å². The van der Waals surface area contributed by atoms with E-state index < -0.39 is 0 Å². The molecular weight excluding hydrogens is 264 g/mol. The molecule has 7 unspecified atom stereocenters. The normalized spacial score (nSPS) is 51.1. The van der Waals surface area contributed by atoms with Gasteiger partial charge in [-0.25, -0.2) is 0 Å². The van der Waals surface area contributed by atoms with E-state index in [0.717, 1.165) is 41.4 Å². The maximum Gasteiger partial charge on any atom is -0.0323 e. The molecule has 7 atom stereocenters. The summed E-state index contributed by atoms with van der Waals surface area (Å²) in [6.07, 6.45) is 17.0. The fourth-order valence-electron chi connectivity index (χ4n) is 7.86. The van der Waals surface area contributed by atoms with Gasteiger partial charge in [0.05, 0.1) is 0 Å². The van der Waals surface area contributed by atoms with Crippen LogP contribution in [0.5, 0.6) is 0 Å². The Morgan fingerprint density at radius 2 is 1.36 bits per heavy atom. The van der Waals surface area contributed by atoms with Gasteiger partial charge in [0.25, 0.3) is 0 Å². The van der Waals surface area contributed by atoms with Crippen LogP contribution in [0.4, 0.5) is 0 Å². The van der Waals surface area contributed by atoms with Crippen molar-refractivity contribution in [1.82, 2.24) is 0 Å². The van der Waals surface area contributed by atoms with Crippen molar-refractivity contribution in [3.63, 3.8) is 0 Å². The van der Waals surface area contributed by atoms with Crippen molar-refractivity contribution in [3.8, 4) is 0 Å². The second kappa shape index (κ2) is 5.82. The molecule has 0 radical (unpaired) electrons. The molecule has 0 aromatic heterocycles. The molecule has 0 N–H and O–H groups in total. The molecule has 0 heteroatoms. The molecule has 4 aliphatic rings. The average molecular weight is 303 g/mol. The summed E-state index contributed by atoms with van der Waals surface area (Å²) in [5, 5.41) is 0. The molecule has 4 fully saturated rings. The van der Waals surface area contributed by atoms with Crippen LogP contribution in [0.15, 0.2) is 0 Å². The topological polar surface area (TPSA) is 0 Å². The molecule has 0 nitrogen and oxygen atoms in total. The van der Waals surface area contributed by atoms with Crippen molar-refractivity contribution in [2.75, 3.05) is 0 Å². The molecular formula is C22H38. The smallest absolute Gasteiger partial charge is 0.0323 e. The van der Waals surface area contributed by atoms with E-state index in [-0.39, 0.29) is 0 Å². The molecule has 4 saturated carbocycles. The van der Waals surface area contributed by atoms with Crippen LogP contribution >= 0.6 is 0 Å². The predicted octanol–water partition coefficient (Wildman–Crippen LogP) is 6.69. The summed E-state index contributed by atoms with van der Waals surface area (Å²) in [7, 11) is 0. The Kier molecular flexibility index (Phi) is 4.10. The molecule has 0 aliphatic heterocycles. The van der Waals surface area contributed by atoms with Gasteiger partial charge in [0, 0.05) is 0 Å². The highest BCUT2D eigenvalue weighted by molar-refractivity contribution is 5.01. The number of hydrogen-bond donors (Lipinski definition) is 0. The Balaban J connectivity index is 1.50. The van der Waals surface area contributed by atoms with Gasteiger partial charge >= 0.3 is 0 Å². The van der Waals surface area contributed by atoms with E-state index in [0.29, 0.717) is 5.41 Å². The zero-order chi connectivity index (χ0) is 15.3. The van der Waals surface area contributed by atoms with E-state index in [4.69, 9.17) is 0 Å². The largest absolute Gasteiger partial charge is 0.0620 e. The fraction of sp³-hybridized carbons (Fsp3) is 1.00. The van der Waals surface area contributed by atoms with E-state index in [1.807, 2.05) is 0 Å². The van der Waals surface area contributed by atoms with Crippen LogP contribution < -0.4 is 0 Å². The number of rotatable bonds is 1. The van der Waals surface area contributed by atoms with Crippen molar-refractivity contribution in [3.05, 3.63) is 0 Å². The monoisotopic (exact) mass is 302 g/mol. The number of fused-ring (bicyclic) bond motifs is 3. The highest BCUT2D eigenvalue weighted by atomic mass is 14.6. The van der Waals surface area contributed by atoms with Gasteiger partial charge < -0.3 is 0 Å². The van der Waals surface area contributed by atoms with Crippen LogP contribution in [0, 0.1) is 46.8 Å². The molecule has 4 rings (SSSR count). The van der Waals surface area contributed by atoms with Crippen LogP contribution in [0.1, 0.15) is 91.4 Å². The van der Waals surface area contributed by atoms with Crippen molar-refractivity contribution in [2.24, 2.45) is 46.8 Å². The van der Waals surface area contributed by atoms with E-state index in [2.05, 4.69) is 20.8 Å². The van der Waals surface area contributed by atoms with E-state index in [9.17, 15) is 0 Å². The Bertz CT molecular complexity index is 395. The van der Waals surface area contributed by atoms with Crippen molar-refractivity contribution in [1.29, 1.82) is 0 Å². The minimum absolute atomic E-state index is 0.631. The Labute approximate surface area is 138 Å². The molecule has 0 aromatic carbocycles. The van der Waals surface area contributed by atoms with Crippen molar-refractivity contribution < 1.29 is 0 Å². The molecule has 4 aliphatic carbocycles. The molecule has 0 saturated heterocycles. The van der Waals surface area contributed by atoms with Crippen molar-refractivity contribution >= 4 is 0 Å². The van der Waals surface area contributed by atoms with Gasteiger partial charge in [-0.1, -0.05) is 46.5 Å². The Morgan fingerprint density at radius 1 is 0.682 bits per heavy atom. The minimum atomic E-state index is 0.631. The first-order valence-electron chi connectivity index (χ1n) is 10.6. The van der Waals surface area contributed by atoms with Crippen LogP contribution in [-0.4, -0.2) is 0 Å². The highest BCUT2D eigenvalue weighted by Crippen LogP contribution is 2.60. The molecule has 0 aromatic rings. The molecule has 22 heavy (non-hydrogen) atoms. The second-order valence-electron chi connectivity index (χ2n) is 10.2. The summed E-state index contributed by atoms with van der Waals surface area (Å²) >= 11 is 0. The molecule has 0 heterocycles. The van der Waals surface area contributed by atoms with Crippen LogP contribution in [-0.2, 0) is 0 Å². The lowest BCUT2D eigenvalue weighted by molar-refractivity contribution is 0.0261. The lowest BCUT2D eigenvalue weighted by Gasteiger charge is -2.47.